The molecule has 3 rings (SSSR count). The van der Waals surface area contributed by atoms with Gasteiger partial charge >= 0.3 is 0 Å². The number of nitrogen functional groups attached to an aromatic ring is 1. The third-order valence-corrected chi connectivity index (χ3v) is 8.22. The van der Waals surface area contributed by atoms with Crippen LogP contribution in [0.5, 0.6) is 0 Å². The number of nitrogens with zero attached hydrogens (tertiary/aromatic N) is 4. The van der Waals surface area contributed by atoms with Gasteiger partial charge in [0.05, 0.1) is 10.6 Å². The molecule has 2 aromatic rings. The second-order valence-electron chi connectivity index (χ2n) is 6.87. The minimum Gasteiger partial charge on any atom is -0.374 e. The van der Waals surface area contributed by atoms with Gasteiger partial charge in [-0.2, -0.15) is 4.31 Å². The van der Waals surface area contributed by atoms with Gasteiger partial charge in [-0.25, -0.2) is 8.42 Å². The van der Waals surface area contributed by atoms with E-state index in [2.05, 4.69) is 10.2 Å². The van der Waals surface area contributed by atoms with Crippen LogP contribution in [0.25, 0.3) is 0 Å². The highest BCUT2D eigenvalue weighted by molar-refractivity contribution is 8.01. The molecular formula is C17H23N5O3S3. The monoisotopic (exact) mass is 441 g/mol. The van der Waals surface area contributed by atoms with E-state index in [1.807, 2.05) is 20.8 Å². The highest BCUT2D eigenvalue weighted by Crippen LogP contribution is 2.30. The van der Waals surface area contributed by atoms with Gasteiger partial charge in [0, 0.05) is 13.1 Å². The fourth-order valence-corrected chi connectivity index (χ4v) is 6.42. The minimum absolute atomic E-state index is 0.0474. The molecule has 1 amide bonds. The number of anilines is 1. The number of thioether (sulfide) groups is 1. The Labute approximate surface area is 173 Å². The van der Waals surface area contributed by atoms with Crippen LogP contribution >= 0.6 is 23.1 Å². The first-order valence-electron chi connectivity index (χ1n) is 8.80. The summed E-state index contributed by atoms with van der Waals surface area (Å²) in [4.78, 5) is 14.7. The van der Waals surface area contributed by atoms with Crippen molar-refractivity contribution in [3.8, 4) is 0 Å². The maximum Gasteiger partial charge on any atom is 0.244 e. The molecule has 1 aromatic heterocycles. The largest absolute Gasteiger partial charge is 0.374 e. The Kier molecular flexibility index (Phi) is 6.28. The molecular weight excluding hydrogens is 418 g/mol. The van der Waals surface area contributed by atoms with E-state index in [-0.39, 0.29) is 29.0 Å². The third-order valence-electron chi connectivity index (χ3n) is 4.46. The van der Waals surface area contributed by atoms with Gasteiger partial charge in [-0.15, -0.1) is 10.2 Å². The summed E-state index contributed by atoms with van der Waals surface area (Å²) in [5, 5.41) is 7.98. The smallest absolute Gasteiger partial charge is 0.244 e. The standard InChI is InChI=1S/C17H23N5O3S3/c1-11(2)15-21(14(23)10-26-17-20-19-16(18)27-17)8-9-22(15)28(24,25)13-6-4-12(3)5-7-13/h4-7,11,15H,8-10H2,1-3H3,(H2,18,19)/t15-/m0/s1. The van der Waals surface area contributed by atoms with Gasteiger partial charge < -0.3 is 10.6 Å². The topological polar surface area (TPSA) is 109 Å². The van der Waals surface area contributed by atoms with Crippen molar-refractivity contribution in [2.75, 3.05) is 24.6 Å². The van der Waals surface area contributed by atoms with Gasteiger partial charge in [0.2, 0.25) is 21.1 Å². The van der Waals surface area contributed by atoms with Crippen LogP contribution < -0.4 is 5.73 Å². The molecule has 152 valence electrons. The zero-order valence-corrected chi connectivity index (χ0v) is 18.4. The van der Waals surface area contributed by atoms with Crippen molar-refractivity contribution in [1.29, 1.82) is 0 Å². The summed E-state index contributed by atoms with van der Waals surface area (Å²) in [5.41, 5.74) is 6.55. The summed E-state index contributed by atoms with van der Waals surface area (Å²) < 4.78 is 28.4. The lowest BCUT2D eigenvalue weighted by Crippen LogP contribution is -2.48. The van der Waals surface area contributed by atoms with E-state index in [0.717, 1.165) is 5.56 Å². The number of benzene rings is 1. The summed E-state index contributed by atoms with van der Waals surface area (Å²) in [6.45, 7) is 6.40. The molecule has 0 unspecified atom stereocenters. The Bertz CT molecular complexity index is 943. The lowest BCUT2D eigenvalue weighted by Gasteiger charge is -2.32. The number of hydrogen-bond donors (Lipinski definition) is 1. The maximum absolute atomic E-state index is 13.2. The SMILES string of the molecule is Cc1ccc(S(=O)(=O)N2CCN(C(=O)CSc3nnc(N)s3)[C@@H]2C(C)C)cc1. The lowest BCUT2D eigenvalue weighted by molar-refractivity contribution is -0.130. The van der Waals surface area contributed by atoms with Gasteiger partial charge in [0.1, 0.15) is 6.17 Å². The number of hydrogen-bond acceptors (Lipinski definition) is 8. The molecule has 0 radical (unpaired) electrons. The Morgan fingerprint density at radius 1 is 1.29 bits per heavy atom. The first-order chi connectivity index (χ1) is 13.2. The van der Waals surface area contributed by atoms with Crippen LogP contribution in [0.15, 0.2) is 33.5 Å². The molecule has 8 nitrogen and oxygen atoms in total. The van der Waals surface area contributed by atoms with Crippen LogP contribution in [0.2, 0.25) is 0 Å². The van der Waals surface area contributed by atoms with E-state index < -0.39 is 16.2 Å². The fourth-order valence-electron chi connectivity index (χ4n) is 3.18. The first-order valence-corrected chi connectivity index (χ1v) is 12.0. The highest BCUT2D eigenvalue weighted by atomic mass is 32.2. The third kappa shape index (κ3) is 4.32. The van der Waals surface area contributed by atoms with Crippen molar-refractivity contribution in [1.82, 2.24) is 19.4 Å². The fraction of sp³-hybridized carbons (Fsp3) is 0.471. The molecule has 0 saturated carbocycles. The molecule has 11 heteroatoms. The van der Waals surface area contributed by atoms with Crippen molar-refractivity contribution in [3.05, 3.63) is 29.8 Å². The Hall–Kier alpha value is -1.69. The number of amides is 1. The number of nitrogens with two attached hydrogens (primary N) is 1. The van der Waals surface area contributed by atoms with Crippen LogP contribution in [0.1, 0.15) is 19.4 Å². The average molecular weight is 442 g/mol. The maximum atomic E-state index is 13.2. The molecule has 1 aliphatic heterocycles. The van der Waals surface area contributed by atoms with E-state index in [0.29, 0.717) is 16.0 Å². The molecule has 1 fully saturated rings. The normalized spacial score (nSPS) is 18.1. The van der Waals surface area contributed by atoms with Gasteiger partial charge in [-0.3, -0.25) is 4.79 Å². The number of aromatic nitrogens is 2. The summed E-state index contributed by atoms with van der Waals surface area (Å²) in [6.07, 6.45) is -0.515. The second-order valence-corrected chi connectivity index (χ2v) is 11.0. The molecule has 28 heavy (non-hydrogen) atoms. The zero-order chi connectivity index (χ0) is 20.5. The van der Waals surface area contributed by atoms with Crippen molar-refractivity contribution in [3.63, 3.8) is 0 Å². The summed E-state index contributed by atoms with van der Waals surface area (Å²) in [6, 6.07) is 6.78. The first kappa shape index (κ1) is 21.0. The molecule has 1 atom stereocenters. The van der Waals surface area contributed by atoms with Crippen LogP contribution in [0, 0.1) is 12.8 Å². The number of carbonyl (C=O) groups excluding carboxylic acids is 1. The summed E-state index contributed by atoms with van der Waals surface area (Å²) in [5.74, 6) is -0.0102. The number of aryl methyl sites for hydroxylation is 1. The predicted octanol–water partition coefficient (Wildman–Crippen LogP) is 2.04. The number of carbonyl (C=O) groups is 1. The Morgan fingerprint density at radius 3 is 2.54 bits per heavy atom. The molecule has 1 saturated heterocycles. The van der Waals surface area contributed by atoms with Crippen molar-refractivity contribution in [2.45, 2.75) is 36.2 Å². The molecule has 0 bridgehead atoms. The molecule has 2 heterocycles. The zero-order valence-electron chi connectivity index (χ0n) is 15.9. The van der Waals surface area contributed by atoms with Crippen molar-refractivity contribution >= 4 is 44.2 Å². The van der Waals surface area contributed by atoms with Gasteiger partial charge in [-0.1, -0.05) is 54.6 Å². The van der Waals surface area contributed by atoms with Crippen LogP contribution in [0.4, 0.5) is 5.13 Å². The Morgan fingerprint density at radius 2 is 1.96 bits per heavy atom. The van der Waals surface area contributed by atoms with Crippen molar-refractivity contribution in [2.24, 2.45) is 5.92 Å². The van der Waals surface area contributed by atoms with E-state index in [9.17, 15) is 13.2 Å². The Balaban J connectivity index is 1.77. The highest BCUT2D eigenvalue weighted by Gasteiger charge is 2.43. The molecule has 2 N–H and O–H groups in total. The average Bonchev–Trinajstić information content (AvgIpc) is 3.26. The van der Waals surface area contributed by atoms with Gasteiger partial charge in [0.15, 0.2) is 4.34 Å². The molecule has 1 aliphatic rings. The van der Waals surface area contributed by atoms with Crippen LogP contribution in [0.3, 0.4) is 0 Å². The van der Waals surface area contributed by atoms with Crippen LogP contribution in [-0.4, -0.2) is 58.7 Å². The summed E-state index contributed by atoms with van der Waals surface area (Å²) in [7, 11) is -3.68. The summed E-state index contributed by atoms with van der Waals surface area (Å²) >= 11 is 2.49. The predicted molar refractivity (Wildman–Crippen MR) is 110 cm³/mol. The number of rotatable bonds is 6. The van der Waals surface area contributed by atoms with E-state index >= 15 is 0 Å². The van der Waals surface area contributed by atoms with Gasteiger partial charge in [-0.05, 0) is 25.0 Å². The molecule has 1 aromatic carbocycles. The lowest BCUT2D eigenvalue weighted by atomic mass is 10.1. The number of sulfonamides is 1. The minimum atomic E-state index is -3.68. The molecule has 0 spiro atoms. The van der Waals surface area contributed by atoms with Crippen molar-refractivity contribution < 1.29 is 13.2 Å². The van der Waals surface area contributed by atoms with E-state index in [1.54, 1.807) is 29.2 Å². The molecule has 0 aliphatic carbocycles. The second kappa shape index (κ2) is 8.36. The van der Waals surface area contributed by atoms with E-state index in [4.69, 9.17) is 5.73 Å². The quantitative estimate of drug-likeness (QED) is 0.683. The van der Waals surface area contributed by atoms with E-state index in [1.165, 1.54) is 27.4 Å². The van der Waals surface area contributed by atoms with Crippen LogP contribution in [-0.2, 0) is 14.8 Å². The van der Waals surface area contributed by atoms with Gasteiger partial charge in [0.25, 0.3) is 0 Å².